The van der Waals surface area contributed by atoms with E-state index >= 15 is 0 Å². The molecule has 7 heteroatoms. The van der Waals surface area contributed by atoms with Gasteiger partial charge in [0, 0.05) is 6.08 Å². The first-order valence-corrected chi connectivity index (χ1v) is 14.1. The molecule has 29 heavy (non-hydrogen) atoms. The maximum atomic E-state index is 10.9. The number of unbranched alkanes of at least 4 members (excludes halogenated alkanes) is 16. The highest BCUT2D eigenvalue weighted by atomic mass is 32.5. The standard InChI is InChI=1S/C22H43O5PS/c1-2-22(23)26-20-18-16-14-12-10-8-6-4-3-5-7-9-11-13-15-17-19-21-27-28(24,25)29/h2H,1,3-21H2,(H2,24,25,29). The molecule has 0 bridgehead atoms. The Hall–Kier alpha value is -0.260. The topological polar surface area (TPSA) is 76.0 Å². The summed E-state index contributed by atoms with van der Waals surface area (Å²) in [7, 11) is 0. The van der Waals surface area contributed by atoms with Crippen LogP contribution in [0.5, 0.6) is 0 Å². The van der Waals surface area contributed by atoms with Gasteiger partial charge in [0.2, 0.25) is 0 Å². The van der Waals surface area contributed by atoms with Gasteiger partial charge in [-0.05, 0) is 24.6 Å². The lowest BCUT2D eigenvalue weighted by Gasteiger charge is -2.07. The summed E-state index contributed by atoms with van der Waals surface area (Å²) in [4.78, 5) is 28.7. The molecule has 0 saturated heterocycles. The summed E-state index contributed by atoms with van der Waals surface area (Å²) >= 11 is 4.40. The monoisotopic (exact) mass is 450 g/mol. The summed E-state index contributed by atoms with van der Waals surface area (Å²) in [5.74, 6) is -0.319. The molecule has 5 nitrogen and oxygen atoms in total. The number of carbonyl (C=O) groups excluding carboxylic acids is 1. The van der Waals surface area contributed by atoms with Crippen molar-refractivity contribution in [3.63, 3.8) is 0 Å². The van der Waals surface area contributed by atoms with Crippen LogP contribution in [0.15, 0.2) is 12.7 Å². The summed E-state index contributed by atoms with van der Waals surface area (Å²) in [6, 6.07) is 0. The van der Waals surface area contributed by atoms with Gasteiger partial charge >= 0.3 is 12.7 Å². The quantitative estimate of drug-likeness (QED) is 0.0840. The summed E-state index contributed by atoms with van der Waals surface area (Å²) < 4.78 is 9.75. The molecule has 0 atom stereocenters. The van der Waals surface area contributed by atoms with E-state index in [0.717, 1.165) is 25.7 Å². The molecule has 0 radical (unpaired) electrons. The van der Waals surface area contributed by atoms with Gasteiger partial charge in [0.05, 0.1) is 13.2 Å². The highest BCUT2D eigenvalue weighted by Gasteiger charge is 2.06. The smallest absolute Gasteiger partial charge is 0.330 e. The fraction of sp³-hybridized carbons (Fsp3) is 0.864. The van der Waals surface area contributed by atoms with Gasteiger partial charge in [0.25, 0.3) is 0 Å². The summed E-state index contributed by atoms with van der Waals surface area (Å²) in [6.07, 6.45) is 22.3. The molecular formula is C22H43O5PS. The van der Waals surface area contributed by atoms with E-state index in [1.165, 1.54) is 89.5 Å². The Morgan fingerprint density at radius 2 is 1.00 bits per heavy atom. The lowest BCUT2D eigenvalue weighted by atomic mass is 10.0. The Labute approximate surface area is 183 Å². The van der Waals surface area contributed by atoms with Crippen LogP contribution in [0, 0.1) is 0 Å². The molecule has 0 unspecified atom stereocenters. The summed E-state index contributed by atoms with van der Waals surface area (Å²) in [5.41, 5.74) is 0. The minimum Gasteiger partial charge on any atom is -0.463 e. The predicted octanol–water partition coefficient (Wildman–Crippen LogP) is 6.57. The van der Waals surface area contributed by atoms with Gasteiger partial charge < -0.3 is 19.0 Å². The first-order valence-electron chi connectivity index (χ1n) is 11.4. The van der Waals surface area contributed by atoms with E-state index < -0.39 is 6.72 Å². The van der Waals surface area contributed by atoms with Crippen molar-refractivity contribution in [1.29, 1.82) is 0 Å². The second-order valence-electron chi connectivity index (χ2n) is 7.71. The SMILES string of the molecule is C=CC(=O)OCCCCCCCCCCCCCCCCCCCOP(O)(O)=S. The Morgan fingerprint density at radius 3 is 1.31 bits per heavy atom. The molecule has 0 aromatic heterocycles. The fourth-order valence-corrected chi connectivity index (χ4v) is 3.86. The van der Waals surface area contributed by atoms with Crippen LogP contribution in [-0.2, 0) is 25.9 Å². The third-order valence-corrected chi connectivity index (χ3v) is 5.79. The van der Waals surface area contributed by atoms with Crippen LogP contribution in [0.1, 0.15) is 109 Å². The van der Waals surface area contributed by atoms with Crippen molar-refractivity contribution in [2.45, 2.75) is 109 Å². The van der Waals surface area contributed by atoms with E-state index in [0.29, 0.717) is 13.2 Å². The molecule has 0 fully saturated rings. The number of rotatable bonds is 22. The van der Waals surface area contributed by atoms with Gasteiger partial charge in [0.15, 0.2) is 0 Å². The average molecular weight is 451 g/mol. The number of esters is 1. The minimum absolute atomic E-state index is 0.319. The average Bonchev–Trinajstić information content (AvgIpc) is 2.68. The molecule has 2 N–H and O–H groups in total. The normalized spacial score (nSPS) is 11.5. The van der Waals surface area contributed by atoms with Crippen molar-refractivity contribution < 1.29 is 23.8 Å². The first kappa shape index (κ1) is 28.7. The molecule has 0 aliphatic carbocycles. The zero-order valence-electron chi connectivity index (χ0n) is 18.2. The molecule has 0 aliphatic heterocycles. The molecule has 0 rings (SSSR count). The van der Waals surface area contributed by atoms with Gasteiger partial charge in [-0.25, -0.2) is 4.79 Å². The van der Waals surface area contributed by atoms with Crippen LogP contribution in [0.2, 0.25) is 0 Å². The van der Waals surface area contributed by atoms with Crippen LogP contribution in [0.3, 0.4) is 0 Å². The predicted molar refractivity (Wildman–Crippen MR) is 124 cm³/mol. The maximum Gasteiger partial charge on any atom is 0.330 e. The van der Waals surface area contributed by atoms with Crippen molar-refractivity contribution >= 4 is 24.5 Å². The van der Waals surface area contributed by atoms with Gasteiger partial charge in [-0.1, -0.05) is 103 Å². The van der Waals surface area contributed by atoms with Crippen LogP contribution in [0.4, 0.5) is 0 Å². The largest absolute Gasteiger partial charge is 0.463 e. The van der Waals surface area contributed by atoms with Crippen molar-refractivity contribution in [3.8, 4) is 0 Å². The minimum atomic E-state index is -3.45. The van der Waals surface area contributed by atoms with Crippen LogP contribution >= 0.6 is 6.72 Å². The summed E-state index contributed by atoms with van der Waals surface area (Å²) in [5, 5.41) is 0. The number of hydrogen-bond acceptors (Lipinski definition) is 4. The number of ether oxygens (including phenoxy) is 1. The second kappa shape index (κ2) is 21.0. The van der Waals surface area contributed by atoms with Gasteiger partial charge in [-0.15, -0.1) is 0 Å². The van der Waals surface area contributed by atoms with E-state index in [1.54, 1.807) is 0 Å². The molecule has 0 aromatic carbocycles. The van der Waals surface area contributed by atoms with Crippen molar-refractivity contribution in [1.82, 2.24) is 0 Å². The van der Waals surface area contributed by atoms with E-state index in [9.17, 15) is 4.79 Å². The molecule has 0 heterocycles. The van der Waals surface area contributed by atoms with E-state index in [1.807, 2.05) is 0 Å². The molecular weight excluding hydrogens is 407 g/mol. The number of hydrogen-bond donors (Lipinski definition) is 2. The molecule has 0 aliphatic rings. The fourth-order valence-electron chi connectivity index (χ4n) is 3.27. The van der Waals surface area contributed by atoms with Crippen molar-refractivity contribution in [2.24, 2.45) is 0 Å². The third-order valence-electron chi connectivity index (χ3n) is 4.96. The third kappa shape index (κ3) is 25.7. The highest BCUT2D eigenvalue weighted by molar-refractivity contribution is 8.06. The Kier molecular flexibility index (Phi) is 20.8. The van der Waals surface area contributed by atoms with Crippen molar-refractivity contribution in [3.05, 3.63) is 12.7 Å². The first-order chi connectivity index (χ1) is 14.0. The Bertz CT molecular complexity index is 439. The Balaban J connectivity index is 3.07. The van der Waals surface area contributed by atoms with E-state index in [2.05, 4.69) is 18.4 Å². The van der Waals surface area contributed by atoms with Crippen molar-refractivity contribution in [2.75, 3.05) is 13.2 Å². The van der Waals surface area contributed by atoms with E-state index in [-0.39, 0.29) is 5.97 Å². The van der Waals surface area contributed by atoms with Gasteiger partial charge in [-0.3, -0.25) is 0 Å². The maximum absolute atomic E-state index is 10.9. The lowest BCUT2D eigenvalue weighted by molar-refractivity contribution is -0.137. The molecule has 172 valence electrons. The van der Waals surface area contributed by atoms with Crippen LogP contribution in [-0.4, -0.2) is 29.0 Å². The molecule has 0 spiro atoms. The van der Waals surface area contributed by atoms with Crippen LogP contribution < -0.4 is 0 Å². The number of carbonyl (C=O) groups is 1. The highest BCUT2D eigenvalue weighted by Crippen LogP contribution is 2.36. The molecule has 0 saturated carbocycles. The van der Waals surface area contributed by atoms with Crippen LogP contribution in [0.25, 0.3) is 0 Å². The molecule has 0 amide bonds. The lowest BCUT2D eigenvalue weighted by Crippen LogP contribution is -2.01. The zero-order chi connectivity index (χ0) is 21.6. The summed E-state index contributed by atoms with van der Waals surface area (Å²) in [6.45, 7) is 0.810. The second-order valence-corrected chi connectivity index (χ2v) is 10.4. The van der Waals surface area contributed by atoms with E-state index in [4.69, 9.17) is 19.0 Å². The van der Waals surface area contributed by atoms with Gasteiger partial charge in [0.1, 0.15) is 0 Å². The molecule has 0 aromatic rings. The van der Waals surface area contributed by atoms with Gasteiger partial charge in [-0.2, -0.15) is 0 Å². The zero-order valence-corrected chi connectivity index (χ0v) is 19.9. The Morgan fingerprint density at radius 1 is 0.690 bits per heavy atom.